The molecule has 2 aliphatic heterocycles. The molecule has 0 radical (unpaired) electrons. The zero-order chi connectivity index (χ0) is 97.4. The third-order valence-corrected chi connectivity index (χ3v) is 39.7. The molecule has 692 valence electrons. The fraction of sp³-hybridized carbons (Fsp3) is 0.0922. The molecule has 25 aromatic rings. The molecule has 0 atom stereocenters. The molecule has 23 aromatic carbocycles. The first kappa shape index (κ1) is 87.0. The van der Waals surface area contributed by atoms with Gasteiger partial charge in [-0.1, -0.05) is 461 Å². The van der Waals surface area contributed by atoms with E-state index in [1.807, 2.05) is 0 Å². The van der Waals surface area contributed by atoms with Crippen LogP contribution in [-0.4, -0.2) is 22.6 Å². The van der Waals surface area contributed by atoms with Crippen LogP contribution >= 0.6 is 11.3 Å². The Balaban J connectivity index is 0.000000106. The second-order valence-electron chi connectivity index (χ2n) is 42.1. The highest BCUT2D eigenvalue weighted by molar-refractivity contribution is 7.21. The molecule has 30 rings (SSSR count). The number of imidazole rings is 1. The zero-order valence-electron chi connectivity index (χ0n) is 82.5. The fourth-order valence-corrected chi connectivity index (χ4v) is 33.3. The number of aromatic nitrogens is 3. The fourth-order valence-electron chi connectivity index (χ4n) is 26.7. The minimum Gasteiger partial charge on any atom is -0.292 e. The molecule has 5 heteroatoms. The summed E-state index contributed by atoms with van der Waals surface area (Å²) in [7, 11) is -1.69. The van der Waals surface area contributed by atoms with Gasteiger partial charge in [0.2, 0.25) is 0 Å². The summed E-state index contributed by atoms with van der Waals surface area (Å²) in [6.45, 7) is 14.2. The maximum absolute atomic E-state index is 5.41. The monoisotopic (exact) mass is 1900 g/mol. The highest BCUT2D eigenvalue weighted by Gasteiger charge is 2.48. The maximum atomic E-state index is 5.41. The SMILES string of the molecule is CC1(C)c2ccccc2-c2c(-c3c4ccccc4c(-c4ccc5c(c4)-c4ccccc4[Si]54CCCC4)c4ccc(-c5ccccc5)cc34)cccc21.CC1(C)c2ccccc2-c2c(-c3c4ccccc4c(-c4nc5ccccc5n4-c4ccccc4)c4ccc(-c5ccccc5)cc34)cccc21.CC1(C)c2ccccc2-c2c(-c3c4ccccc4c(-c4nc5ccccc5s4)c4ccc(-c5ccccc5)cc34)cccc21. The van der Waals surface area contributed by atoms with Gasteiger partial charge in [-0.2, -0.15) is 0 Å². The van der Waals surface area contributed by atoms with Crippen molar-refractivity contribution in [3.05, 3.63) is 500 Å². The van der Waals surface area contributed by atoms with Gasteiger partial charge in [0.15, 0.2) is 0 Å². The molecule has 0 amide bonds. The molecule has 0 bridgehead atoms. The number of hydrogen-bond acceptors (Lipinski definition) is 3. The van der Waals surface area contributed by atoms with Crippen LogP contribution < -0.4 is 10.4 Å². The van der Waals surface area contributed by atoms with Crippen molar-refractivity contribution in [3.8, 4) is 150 Å². The summed E-state index contributed by atoms with van der Waals surface area (Å²) in [6, 6.07) is 176. The van der Waals surface area contributed by atoms with E-state index in [1.165, 1.54) is 256 Å². The van der Waals surface area contributed by atoms with E-state index in [9.17, 15) is 0 Å². The largest absolute Gasteiger partial charge is 0.292 e. The van der Waals surface area contributed by atoms with Gasteiger partial charge < -0.3 is 0 Å². The van der Waals surface area contributed by atoms with E-state index < -0.39 is 8.07 Å². The number of rotatable bonds is 10. The Morgan fingerprint density at radius 1 is 0.219 bits per heavy atom. The van der Waals surface area contributed by atoms with Gasteiger partial charge in [-0.25, -0.2) is 9.97 Å². The lowest BCUT2D eigenvalue weighted by molar-refractivity contribution is 0.660. The first-order valence-corrected chi connectivity index (χ1v) is 54.9. The number of fused-ring (bicyclic) bond motifs is 22. The van der Waals surface area contributed by atoms with Crippen molar-refractivity contribution >= 4 is 116 Å². The molecule has 0 unspecified atom stereocenters. The van der Waals surface area contributed by atoms with Crippen molar-refractivity contribution in [1.29, 1.82) is 0 Å². The van der Waals surface area contributed by atoms with Gasteiger partial charge in [0.25, 0.3) is 0 Å². The molecule has 1 fully saturated rings. The Kier molecular flexibility index (Phi) is 20.2. The van der Waals surface area contributed by atoms with Crippen LogP contribution in [0.15, 0.2) is 467 Å². The topological polar surface area (TPSA) is 30.7 Å². The molecule has 0 saturated carbocycles. The first-order valence-electron chi connectivity index (χ1n) is 51.7. The quantitative estimate of drug-likeness (QED) is 0.101. The minimum absolute atomic E-state index is 0.0658. The molecular weight excluding hydrogens is 1800 g/mol. The second kappa shape index (κ2) is 33.9. The van der Waals surface area contributed by atoms with Gasteiger partial charge in [-0.05, 0) is 304 Å². The van der Waals surface area contributed by atoms with Crippen molar-refractivity contribution in [3.63, 3.8) is 0 Å². The lowest BCUT2D eigenvalue weighted by Crippen LogP contribution is -2.52. The van der Waals surface area contributed by atoms with Crippen LogP contribution in [0.3, 0.4) is 0 Å². The summed E-state index contributed by atoms with van der Waals surface area (Å²) in [6.07, 6.45) is 2.74. The predicted molar refractivity (Wildman–Crippen MR) is 623 cm³/mol. The average Bonchev–Trinajstić information content (AvgIpc) is 1.56. The predicted octanol–water partition coefficient (Wildman–Crippen LogP) is 37.2. The number of thiazole rings is 1. The Bertz CT molecular complexity index is 9680. The summed E-state index contributed by atoms with van der Waals surface area (Å²) < 4.78 is 3.55. The van der Waals surface area contributed by atoms with Gasteiger partial charge in [-0.15, -0.1) is 11.3 Å². The summed E-state index contributed by atoms with van der Waals surface area (Å²) in [5.74, 6) is 0.947. The van der Waals surface area contributed by atoms with E-state index in [0.29, 0.717) is 0 Å². The Morgan fingerprint density at radius 3 is 1.02 bits per heavy atom. The standard InChI is InChI=1S/C51H40Si.C48H34N2.C42H29NS/c1-51(2)44-22-10-8-20-40(44)50-41(21-14-23-45(50)51)49-38-19-7-6-18-37(38)48(39-27-25-34(31-43(39)49)33-15-4-3-5-16-33)35-26-28-47-42(32-35)36-17-9-11-24-46(36)52(47)29-12-13-30-52;1-48(2)40-24-12-11-22-37(40)45-38(23-15-25-41(45)48)44-34-20-9-10-21-35(34)46(36-29-28-32(30-39(36)44)31-16-5-3-6-17-31)47-49-42-26-13-14-27-43(42)50(47)33-18-7-4-8-19-33;1-42(2)34-19-9-8-17-31(34)39-32(18-12-20-35(39)42)38-28-15-6-7-16-29(28)40(41-43-36-21-10-11-22-37(36)44-41)30-24-23-27(25-33(30)38)26-13-4-3-5-14-26/h3-11,14-28,31-32H,12-13,29-30H2,1-2H3;3-30H,1-2H3;3-25H,1-2H3. The minimum atomic E-state index is -1.69. The van der Waals surface area contributed by atoms with Gasteiger partial charge in [0.05, 0.1) is 21.3 Å². The first-order chi connectivity index (χ1) is 71.7. The molecule has 1 spiro atoms. The number of nitrogens with zero attached hydrogens (tertiary/aromatic N) is 3. The van der Waals surface area contributed by atoms with E-state index in [4.69, 9.17) is 9.97 Å². The summed E-state index contributed by atoms with van der Waals surface area (Å²) >= 11 is 1.78. The average molecular weight is 1900 g/mol. The number of benzene rings is 23. The molecule has 3 aliphatic carbocycles. The third kappa shape index (κ3) is 13.4. The zero-order valence-corrected chi connectivity index (χ0v) is 84.4. The van der Waals surface area contributed by atoms with Crippen molar-refractivity contribution in [1.82, 2.24) is 14.5 Å². The second-order valence-corrected chi connectivity index (χ2v) is 47.4. The maximum Gasteiger partial charge on any atom is 0.146 e. The van der Waals surface area contributed by atoms with E-state index >= 15 is 0 Å². The van der Waals surface area contributed by atoms with Crippen LogP contribution in [0.4, 0.5) is 0 Å². The number of hydrogen-bond donors (Lipinski definition) is 0. The molecule has 5 aliphatic rings. The molecule has 3 nitrogen and oxygen atoms in total. The highest BCUT2D eigenvalue weighted by Crippen LogP contribution is 2.61. The summed E-state index contributed by atoms with van der Waals surface area (Å²) in [5.41, 5.74) is 43.6. The van der Waals surface area contributed by atoms with Crippen LogP contribution in [-0.2, 0) is 16.2 Å². The van der Waals surface area contributed by atoms with Crippen molar-refractivity contribution < 1.29 is 0 Å². The summed E-state index contributed by atoms with van der Waals surface area (Å²) in [5, 5.41) is 19.5. The Hall–Kier alpha value is -16.8. The number of para-hydroxylation sites is 4. The molecule has 0 N–H and O–H groups in total. The van der Waals surface area contributed by atoms with Crippen LogP contribution in [0.1, 0.15) is 87.8 Å². The van der Waals surface area contributed by atoms with E-state index in [0.717, 1.165) is 38.6 Å². The Labute approximate surface area is 856 Å². The van der Waals surface area contributed by atoms with Crippen LogP contribution in [0, 0.1) is 0 Å². The lowest BCUT2D eigenvalue weighted by atomic mass is 9.80. The van der Waals surface area contributed by atoms with Gasteiger partial charge in [0.1, 0.15) is 18.9 Å². The molecule has 1 saturated heterocycles. The van der Waals surface area contributed by atoms with Gasteiger partial charge in [-0.3, -0.25) is 4.57 Å². The highest BCUT2D eigenvalue weighted by atomic mass is 32.1. The van der Waals surface area contributed by atoms with Gasteiger partial charge in [0, 0.05) is 33.1 Å². The summed E-state index contributed by atoms with van der Waals surface area (Å²) in [4.78, 5) is 10.6. The van der Waals surface area contributed by atoms with Crippen molar-refractivity contribution in [2.75, 3.05) is 0 Å². The lowest BCUT2D eigenvalue weighted by Gasteiger charge is -2.24. The van der Waals surface area contributed by atoms with Crippen LogP contribution in [0.2, 0.25) is 12.1 Å². The molecule has 4 heterocycles. The van der Waals surface area contributed by atoms with Gasteiger partial charge >= 0.3 is 0 Å². The molecular formula is C141H103N3SSi. The normalized spacial score (nSPS) is 14.2. The van der Waals surface area contributed by atoms with E-state index in [-0.39, 0.29) is 16.2 Å². The smallest absolute Gasteiger partial charge is 0.146 e. The van der Waals surface area contributed by atoms with Crippen molar-refractivity contribution in [2.45, 2.75) is 82.7 Å². The van der Waals surface area contributed by atoms with E-state index in [2.05, 4.69) is 513 Å². The van der Waals surface area contributed by atoms with Crippen LogP contribution in [0.5, 0.6) is 0 Å². The molecule has 146 heavy (non-hydrogen) atoms. The van der Waals surface area contributed by atoms with Crippen LogP contribution in [0.25, 0.3) is 236 Å². The third-order valence-electron chi connectivity index (χ3n) is 33.3. The van der Waals surface area contributed by atoms with E-state index in [1.54, 1.807) is 21.7 Å². The molecule has 2 aromatic heterocycles. The van der Waals surface area contributed by atoms with Crippen molar-refractivity contribution in [2.24, 2.45) is 0 Å². The Morgan fingerprint density at radius 2 is 0.555 bits per heavy atom.